The molecular weight excluding hydrogens is 595 g/mol. The fourth-order valence-electron chi connectivity index (χ4n) is 6.07. The second-order valence-corrected chi connectivity index (χ2v) is 13.4. The zero-order valence-corrected chi connectivity index (χ0v) is 26.2. The van der Waals surface area contributed by atoms with Crippen LogP contribution < -0.4 is 5.32 Å². The van der Waals surface area contributed by atoms with Crippen LogP contribution in [0.5, 0.6) is 0 Å². The van der Waals surface area contributed by atoms with Crippen molar-refractivity contribution in [3.8, 4) is 0 Å². The lowest BCUT2D eigenvalue weighted by Crippen LogP contribution is -2.46. The molecule has 2 aliphatic heterocycles. The average Bonchev–Trinajstić information content (AvgIpc) is 3.79. The molecule has 2 bridgehead atoms. The number of aryl methyl sites for hydroxylation is 1. The van der Waals surface area contributed by atoms with Gasteiger partial charge < -0.3 is 20.0 Å². The highest BCUT2D eigenvalue weighted by Gasteiger charge is 2.43. The highest BCUT2D eigenvalue weighted by atomic mass is 32.1. The first-order valence-electron chi connectivity index (χ1n) is 15.0. The molecule has 9 nitrogen and oxygen atoms in total. The van der Waals surface area contributed by atoms with E-state index >= 15 is 0 Å². The summed E-state index contributed by atoms with van der Waals surface area (Å²) in [5.41, 5.74) is 0.989. The predicted octanol–water partition coefficient (Wildman–Crippen LogP) is 4.83. The van der Waals surface area contributed by atoms with Gasteiger partial charge in [-0.15, -0.1) is 22.7 Å². The van der Waals surface area contributed by atoms with E-state index in [1.165, 1.54) is 22.7 Å². The Bertz CT molecular complexity index is 1640. The normalized spacial score (nSPS) is 19.9. The number of aromatic nitrogens is 1. The summed E-state index contributed by atoms with van der Waals surface area (Å²) in [7, 11) is 0. The van der Waals surface area contributed by atoms with Gasteiger partial charge >= 0.3 is 0 Å². The van der Waals surface area contributed by atoms with E-state index in [2.05, 4.69) is 10.3 Å². The lowest BCUT2D eigenvalue weighted by atomic mass is 10.1. The zero-order valence-electron chi connectivity index (χ0n) is 24.6. The molecule has 1 N–H and O–H groups in total. The van der Waals surface area contributed by atoms with E-state index in [1.807, 2.05) is 60.4 Å². The number of amides is 4. The first kappa shape index (κ1) is 30.0. The Labute approximate surface area is 264 Å². The second-order valence-electron chi connectivity index (χ2n) is 11.3. The summed E-state index contributed by atoms with van der Waals surface area (Å²) in [6.07, 6.45) is 2.32. The minimum atomic E-state index is -0.683. The molecule has 4 aromatic rings. The molecule has 0 radical (unpaired) electrons. The molecule has 2 fully saturated rings. The summed E-state index contributed by atoms with van der Waals surface area (Å²) in [6.45, 7) is 3.96. The number of carbonyl (C=O) groups excluding carboxylic acids is 4. The van der Waals surface area contributed by atoms with Crippen molar-refractivity contribution in [2.24, 2.45) is 0 Å². The molecule has 0 unspecified atom stereocenters. The van der Waals surface area contributed by atoms with E-state index in [1.54, 1.807) is 27.3 Å². The molecule has 0 saturated carbocycles. The van der Waals surface area contributed by atoms with Crippen molar-refractivity contribution in [3.63, 3.8) is 0 Å². The van der Waals surface area contributed by atoms with Crippen molar-refractivity contribution in [1.82, 2.24) is 25.0 Å². The summed E-state index contributed by atoms with van der Waals surface area (Å²) in [4.78, 5) is 65.1. The number of hydrogen-bond donors (Lipinski definition) is 1. The van der Waals surface area contributed by atoms with Gasteiger partial charge in [-0.3, -0.25) is 19.2 Å². The summed E-state index contributed by atoms with van der Waals surface area (Å²) >= 11 is 2.87. The molecular formula is C33H35N5O4S2. The van der Waals surface area contributed by atoms with E-state index < -0.39 is 6.04 Å². The predicted molar refractivity (Wildman–Crippen MR) is 172 cm³/mol. The van der Waals surface area contributed by atoms with Crippen LogP contribution in [0.25, 0.3) is 10.1 Å². The highest BCUT2D eigenvalue weighted by molar-refractivity contribution is 7.20. The standard InChI is InChI=1S/C33H35N5O4S2/c1-22-35-26(21-43-22)32(41)36-15-8-7-14-34-30(39)27-19-25(37(17-9-16-36)31(40)23-10-3-2-4-11-23)20-38(27)33(42)29-18-24-12-5-6-13-28(24)44-29/h2-6,10-13,18,21,25,27H,7-9,14-17,19-20H2,1H3,(H,34,39)/t25-,27-/m0/s1. The molecule has 11 heteroatoms. The van der Waals surface area contributed by atoms with Gasteiger partial charge in [-0.25, -0.2) is 4.98 Å². The lowest BCUT2D eigenvalue weighted by molar-refractivity contribution is -0.124. The molecule has 4 amide bonds. The minimum Gasteiger partial charge on any atom is -0.354 e. The van der Waals surface area contributed by atoms with Gasteiger partial charge in [0, 0.05) is 48.4 Å². The Morgan fingerprint density at radius 3 is 2.43 bits per heavy atom. The van der Waals surface area contributed by atoms with E-state index in [9.17, 15) is 19.2 Å². The molecule has 2 aromatic heterocycles. The van der Waals surface area contributed by atoms with Crippen LogP contribution >= 0.6 is 22.7 Å². The number of benzene rings is 2. The van der Waals surface area contributed by atoms with Gasteiger partial charge in [0.05, 0.1) is 15.9 Å². The van der Waals surface area contributed by atoms with Gasteiger partial charge in [0.2, 0.25) is 5.91 Å². The Kier molecular flexibility index (Phi) is 9.04. The number of thiazole rings is 1. The number of nitrogens with one attached hydrogen (secondary N) is 1. The summed E-state index contributed by atoms with van der Waals surface area (Å²) in [5, 5.41) is 6.65. The van der Waals surface area contributed by atoms with Crippen LogP contribution in [0, 0.1) is 6.92 Å². The molecule has 44 heavy (non-hydrogen) atoms. The van der Waals surface area contributed by atoms with Crippen molar-refractivity contribution in [1.29, 1.82) is 0 Å². The van der Waals surface area contributed by atoms with Crippen LogP contribution in [-0.2, 0) is 4.79 Å². The third kappa shape index (κ3) is 6.39. The molecule has 2 aliphatic rings. The zero-order chi connectivity index (χ0) is 30.6. The Morgan fingerprint density at radius 2 is 1.66 bits per heavy atom. The second kappa shape index (κ2) is 13.3. The van der Waals surface area contributed by atoms with Gasteiger partial charge in [-0.2, -0.15) is 0 Å². The third-order valence-electron chi connectivity index (χ3n) is 8.31. The van der Waals surface area contributed by atoms with Crippen molar-refractivity contribution >= 4 is 56.4 Å². The van der Waals surface area contributed by atoms with Crippen LogP contribution in [0.2, 0.25) is 0 Å². The molecule has 0 aliphatic carbocycles. The van der Waals surface area contributed by atoms with Gasteiger partial charge in [0.1, 0.15) is 11.7 Å². The van der Waals surface area contributed by atoms with Gasteiger partial charge in [-0.1, -0.05) is 36.4 Å². The topological polar surface area (TPSA) is 103 Å². The third-order valence-corrected chi connectivity index (χ3v) is 10.2. The summed E-state index contributed by atoms with van der Waals surface area (Å²) in [5.74, 6) is -0.670. The van der Waals surface area contributed by atoms with Crippen LogP contribution in [0.15, 0.2) is 66.0 Å². The van der Waals surface area contributed by atoms with Crippen LogP contribution in [0.1, 0.15) is 61.2 Å². The first-order chi connectivity index (χ1) is 21.4. The maximum absolute atomic E-state index is 14.0. The molecule has 2 saturated heterocycles. The molecule has 2 atom stereocenters. The van der Waals surface area contributed by atoms with Crippen molar-refractivity contribution in [2.45, 2.75) is 44.7 Å². The van der Waals surface area contributed by atoms with E-state index in [4.69, 9.17) is 0 Å². The monoisotopic (exact) mass is 629 g/mol. The average molecular weight is 630 g/mol. The van der Waals surface area contributed by atoms with Gasteiger partial charge in [0.25, 0.3) is 17.7 Å². The van der Waals surface area contributed by atoms with Crippen LogP contribution in [-0.4, -0.2) is 88.1 Å². The summed E-state index contributed by atoms with van der Waals surface area (Å²) < 4.78 is 1.01. The van der Waals surface area contributed by atoms with E-state index in [0.29, 0.717) is 68.0 Å². The smallest absolute Gasteiger partial charge is 0.273 e. The van der Waals surface area contributed by atoms with Crippen LogP contribution in [0.3, 0.4) is 0 Å². The number of likely N-dealkylation sites (tertiary alicyclic amines) is 1. The Morgan fingerprint density at radius 1 is 0.886 bits per heavy atom. The fourth-order valence-corrected chi connectivity index (χ4v) is 7.67. The van der Waals surface area contributed by atoms with Crippen molar-refractivity contribution < 1.29 is 19.2 Å². The maximum atomic E-state index is 14.0. The Balaban J connectivity index is 1.29. The number of fused-ring (bicyclic) bond motifs is 3. The molecule has 2 aromatic carbocycles. The van der Waals surface area contributed by atoms with E-state index in [0.717, 1.165) is 15.1 Å². The van der Waals surface area contributed by atoms with Crippen LogP contribution in [0.4, 0.5) is 0 Å². The SMILES string of the molecule is Cc1nc(C(=O)N2CCCCNC(=O)[C@@H]3C[C@@H](CN3C(=O)c3cc4ccccc4s3)N(C(=O)c3ccccc3)CCC2)cs1. The summed E-state index contributed by atoms with van der Waals surface area (Å²) in [6, 6.07) is 17.8. The first-order valence-corrected chi connectivity index (χ1v) is 16.7. The minimum absolute atomic E-state index is 0.118. The van der Waals surface area contributed by atoms with Crippen molar-refractivity contribution in [2.75, 3.05) is 32.7 Å². The highest BCUT2D eigenvalue weighted by Crippen LogP contribution is 2.31. The molecule has 228 valence electrons. The van der Waals surface area contributed by atoms with E-state index in [-0.39, 0.29) is 36.2 Å². The molecule has 0 spiro atoms. The quantitative estimate of drug-likeness (QED) is 0.350. The molecule has 4 heterocycles. The molecule has 6 rings (SSSR count). The number of rotatable bonds is 3. The number of thiophene rings is 1. The fraction of sp³-hybridized carbons (Fsp3) is 0.364. The lowest BCUT2D eigenvalue weighted by Gasteiger charge is -2.30. The van der Waals surface area contributed by atoms with Gasteiger partial charge in [0.15, 0.2) is 0 Å². The number of carbonyl (C=O) groups is 4. The number of hydrogen-bond acceptors (Lipinski definition) is 7. The van der Waals surface area contributed by atoms with Crippen molar-refractivity contribution in [3.05, 3.63) is 87.2 Å². The Hall–Kier alpha value is -4.09. The largest absolute Gasteiger partial charge is 0.354 e. The van der Waals surface area contributed by atoms with Gasteiger partial charge in [-0.05, 0) is 62.3 Å². The number of nitrogens with zero attached hydrogens (tertiary/aromatic N) is 4. The maximum Gasteiger partial charge on any atom is 0.273 e.